The van der Waals surface area contributed by atoms with Crippen LogP contribution in [0.1, 0.15) is 5.56 Å². The van der Waals surface area contributed by atoms with Gasteiger partial charge in [0, 0.05) is 39.3 Å². The number of methoxy groups -OCH3 is 2. The largest absolute Gasteiger partial charge is 0.493 e. The number of benzene rings is 1. The quantitative estimate of drug-likeness (QED) is 0.761. The number of sulfonamides is 1. The number of carbonyl (C=O) groups is 1. The molecule has 0 spiro atoms. The summed E-state index contributed by atoms with van der Waals surface area (Å²) in [6.07, 6.45) is 0. The molecule has 9 heteroatoms. The summed E-state index contributed by atoms with van der Waals surface area (Å²) in [6.45, 7) is 4.09. The topological polar surface area (TPSA) is 88.2 Å². The van der Waals surface area contributed by atoms with Crippen molar-refractivity contribution in [3.8, 4) is 11.5 Å². The summed E-state index contributed by atoms with van der Waals surface area (Å²) in [5, 5.41) is 3.16. The lowest BCUT2D eigenvalue weighted by Gasteiger charge is -2.29. The Morgan fingerprint density at radius 1 is 1.20 bits per heavy atom. The highest BCUT2D eigenvalue weighted by Crippen LogP contribution is 2.33. The van der Waals surface area contributed by atoms with Crippen LogP contribution in [0.2, 0.25) is 0 Å². The van der Waals surface area contributed by atoms with Gasteiger partial charge in [0.2, 0.25) is 15.9 Å². The molecule has 1 aliphatic rings. The van der Waals surface area contributed by atoms with E-state index in [2.05, 4.69) is 5.32 Å². The first-order valence-electron chi connectivity index (χ1n) is 7.98. The van der Waals surface area contributed by atoms with Crippen molar-refractivity contribution in [2.45, 2.75) is 11.8 Å². The van der Waals surface area contributed by atoms with Crippen molar-refractivity contribution in [1.29, 1.82) is 0 Å². The number of carbonyl (C=O) groups excluding carboxylic acids is 1. The molecule has 0 atom stereocenters. The van der Waals surface area contributed by atoms with Gasteiger partial charge in [0.1, 0.15) is 0 Å². The number of rotatable bonds is 6. The maximum Gasteiger partial charge on any atom is 0.243 e. The molecule has 1 fully saturated rings. The van der Waals surface area contributed by atoms with E-state index in [1.54, 1.807) is 17.9 Å². The van der Waals surface area contributed by atoms with Crippen molar-refractivity contribution < 1.29 is 22.7 Å². The average molecular weight is 371 g/mol. The molecule has 0 unspecified atom stereocenters. The van der Waals surface area contributed by atoms with Gasteiger partial charge in [-0.05, 0) is 18.6 Å². The van der Waals surface area contributed by atoms with E-state index in [-0.39, 0.29) is 17.3 Å². The van der Waals surface area contributed by atoms with Gasteiger partial charge in [0.05, 0.1) is 25.7 Å². The zero-order chi connectivity index (χ0) is 18.6. The standard InChI is InChI=1S/C16H25N3O5S/c1-12-9-13(23-3)14(24-4)10-15(12)25(21,22)18(2)11-16(20)19-7-5-17-6-8-19/h9-10,17H,5-8,11H2,1-4H3. The number of likely N-dealkylation sites (N-methyl/N-ethyl adjacent to an activating group) is 1. The summed E-state index contributed by atoms with van der Waals surface area (Å²) in [5.41, 5.74) is 0.527. The van der Waals surface area contributed by atoms with E-state index in [4.69, 9.17) is 9.47 Å². The molecule has 0 saturated carbocycles. The third-order valence-electron chi connectivity index (χ3n) is 4.20. The molecule has 1 heterocycles. The van der Waals surface area contributed by atoms with Gasteiger partial charge in [-0.25, -0.2) is 8.42 Å². The molecule has 1 saturated heterocycles. The van der Waals surface area contributed by atoms with Crippen molar-refractivity contribution in [3.05, 3.63) is 17.7 Å². The fourth-order valence-electron chi connectivity index (χ4n) is 2.70. The molecule has 140 valence electrons. The third kappa shape index (κ3) is 4.23. The van der Waals surface area contributed by atoms with Crippen LogP contribution >= 0.6 is 0 Å². The van der Waals surface area contributed by atoms with Crippen LogP contribution in [-0.4, -0.2) is 77.5 Å². The number of aryl methyl sites for hydroxylation is 1. The minimum atomic E-state index is -3.83. The third-order valence-corrected chi connectivity index (χ3v) is 6.14. The maximum absolute atomic E-state index is 12.9. The average Bonchev–Trinajstić information content (AvgIpc) is 2.61. The highest BCUT2D eigenvalue weighted by molar-refractivity contribution is 7.89. The first-order chi connectivity index (χ1) is 11.8. The Labute approximate surface area is 148 Å². The van der Waals surface area contributed by atoms with Crippen molar-refractivity contribution in [1.82, 2.24) is 14.5 Å². The van der Waals surface area contributed by atoms with Crippen LogP contribution in [0.25, 0.3) is 0 Å². The lowest BCUT2D eigenvalue weighted by atomic mass is 10.2. The van der Waals surface area contributed by atoms with Crippen LogP contribution in [0.5, 0.6) is 11.5 Å². The molecule has 0 radical (unpaired) electrons. The van der Waals surface area contributed by atoms with Crippen LogP contribution in [0.4, 0.5) is 0 Å². The van der Waals surface area contributed by atoms with Gasteiger partial charge in [0.15, 0.2) is 11.5 Å². The van der Waals surface area contributed by atoms with E-state index < -0.39 is 10.0 Å². The molecule has 1 aromatic rings. The number of nitrogens with zero attached hydrogens (tertiary/aromatic N) is 2. The zero-order valence-electron chi connectivity index (χ0n) is 15.0. The predicted molar refractivity (Wildman–Crippen MR) is 93.5 cm³/mol. The molecule has 1 N–H and O–H groups in total. The summed E-state index contributed by atoms with van der Waals surface area (Å²) < 4.78 is 37.2. The molecule has 0 bridgehead atoms. The Balaban J connectivity index is 2.23. The Morgan fingerprint density at radius 2 is 1.76 bits per heavy atom. The van der Waals surface area contributed by atoms with Crippen molar-refractivity contribution >= 4 is 15.9 Å². The molecule has 1 amide bonds. The van der Waals surface area contributed by atoms with Crippen molar-refractivity contribution in [2.75, 3.05) is 54.0 Å². The summed E-state index contributed by atoms with van der Waals surface area (Å²) in [5.74, 6) is 0.581. The minimum absolute atomic E-state index is 0.0979. The molecule has 0 aromatic heterocycles. The lowest BCUT2D eigenvalue weighted by Crippen LogP contribution is -2.49. The maximum atomic E-state index is 12.9. The van der Waals surface area contributed by atoms with Gasteiger partial charge in [-0.15, -0.1) is 0 Å². The number of nitrogens with one attached hydrogen (secondary N) is 1. The Morgan fingerprint density at radius 3 is 2.32 bits per heavy atom. The molecule has 1 aromatic carbocycles. The van der Waals surface area contributed by atoms with E-state index in [1.165, 1.54) is 27.3 Å². The number of amides is 1. The van der Waals surface area contributed by atoms with Crippen LogP contribution in [-0.2, 0) is 14.8 Å². The molecular formula is C16H25N3O5S. The van der Waals surface area contributed by atoms with Gasteiger partial charge in [-0.3, -0.25) is 4.79 Å². The van der Waals surface area contributed by atoms with E-state index in [0.717, 1.165) is 17.4 Å². The van der Waals surface area contributed by atoms with E-state index >= 15 is 0 Å². The SMILES string of the molecule is COc1cc(C)c(S(=O)(=O)N(C)CC(=O)N2CCNCC2)cc1OC. The summed E-state index contributed by atoms with van der Waals surface area (Å²) >= 11 is 0. The van der Waals surface area contributed by atoms with E-state index in [9.17, 15) is 13.2 Å². The number of hydrogen-bond donors (Lipinski definition) is 1. The molecule has 8 nitrogen and oxygen atoms in total. The second kappa shape index (κ2) is 8.03. The van der Waals surface area contributed by atoms with Crippen molar-refractivity contribution in [2.24, 2.45) is 0 Å². The second-order valence-electron chi connectivity index (χ2n) is 5.86. The van der Waals surface area contributed by atoms with Gasteiger partial charge in [0.25, 0.3) is 0 Å². The second-order valence-corrected chi connectivity index (χ2v) is 7.88. The van der Waals surface area contributed by atoms with Gasteiger partial charge < -0.3 is 19.7 Å². The number of ether oxygens (including phenoxy) is 2. The molecule has 25 heavy (non-hydrogen) atoms. The Hall–Kier alpha value is -1.84. The van der Waals surface area contributed by atoms with Crippen LogP contribution in [0.15, 0.2) is 17.0 Å². The smallest absolute Gasteiger partial charge is 0.243 e. The highest BCUT2D eigenvalue weighted by Gasteiger charge is 2.28. The first-order valence-corrected chi connectivity index (χ1v) is 9.42. The van der Waals surface area contributed by atoms with Crippen LogP contribution in [0.3, 0.4) is 0 Å². The monoisotopic (exact) mass is 371 g/mol. The molecular weight excluding hydrogens is 346 g/mol. The fraction of sp³-hybridized carbons (Fsp3) is 0.562. The van der Waals surface area contributed by atoms with Crippen molar-refractivity contribution in [3.63, 3.8) is 0 Å². The molecule has 1 aliphatic heterocycles. The number of hydrogen-bond acceptors (Lipinski definition) is 6. The lowest BCUT2D eigenvalue weighted by molar-refractivity contribution is -0.131. The summed E-state index contributed by atoms with van der Waals surface area (Å²) in [4.78, 5) is 14.1. The minimum Gasteiger partial charge on any atom is -0.493 e. The van der Waals surface area contributed by atoms with Gasteiger partial charge in [-0.2, -0.15) is 4.31 Å². The Kier molecular flexibility index (Phi) is 6.26. The van der Waals surface area contributed by atoms with Crippen LogP contribution < -0.4 is 14.8 Å². The van der Waals surface area contributed by atoms with Crippen LogP contribution in [0, 0.1) is 6.92 Å². The molecule has 2 rings (SSSR count). The van der Waals surface area contributed by atoms with Gasteiger partial charge in [-0.1, -0.05) is 0 Å². The molecule has 0 aliphatic carbocycles. The first kappa shape index (κ1) is 19.5. The Bertz CT molecular complexity index is 730. The van der Waals surface area contributed by atoms with E-state index in [0.29, 0.717) is 30.2 Å². The van der Waals surface area contributed by atoms with Gasteiger partial charge >= 0.3 is 0 Å². The zero-order valence-corrected chi connectivity index (χ0v) is 15.9. The fourth-order valence-corrected chi connectivity index (χ4v) is 4.04. The summed E-state index contributed by atoms with van der Waals surface area (Å²) in [6, 6.07) is 3.03. The highest BCUT2D eigenvalue weighted by atomic mass is 32.2. The predicted octanol–water partition coefficient (Wildman–Crippen LogP) is 0.0645. The normalized spacial score (nSPS) is 15.3. The number of piperazine rings is 1. The van der Waals surface area contributed by atoms with E-state index in [1.807, 2.05) is 0 Å². The summed E-state index contributed by atoms with van der Waals surface area (Å²) in [7, 11) is 0.517.